The molecule has 2 amide bonds. The van der Waals surface area contributed by atoms with Crippen LogP contribution in [0.1, 0.15) is 0 Å². The van der Waals surface area contributed by atoms with Crippen LogP contribution in [-0.2, 0) is 9.59 Å². The molecular weight excluding hydrogens is 381 g/mol. The summed E-state index contributed by atoms with van der Waals surface area (Å²) in [4.78, 5) is 33.9. The molecule has 0 aromatic heterocycles. The molecule has 0 saturated carbocycles. The molecule has 2 aromatic rings. The van der Waals surface area contributed by atoms with E-state index in [1.807, 2.05) is 0 Å². The summed E-state index contributed by atoms with van der Waals surface area (Å²) in [7, 11) is 0. The third-order valence-electron chi connectivity index (χ3n) is 2.78. The number of anilines is 2. The van der Waals surface area contributed by atoms with Crippen LogP contribution in [0.25, 0.3) is 0 Å². The lowest BCUT2D eigenvalue weighted by Gasteiger charge is -2.08. The van der Waals surface area contributed by atoms with Crippen molar-refractivity contribution in [3.8, 4) is 0 Å². The largest absolute Gasteiger partial charge is 0.318 e. The van der Waals surface area contributed by atoms with Crippen molar-refractivity contribution in [1.29, 1.82) is 0 Å². The fraction of sp³-hybridized carbons (Fsp3) is 0. The molecule has 2 N–H and O–H groups in total. The van der Waals surface area contributed by atoms with Crippen molar-refractivity contribution >= 4 is 63.7 Å². The second-order valence-electron chi connectivity index (χ2n) is 4.46. The second kappa shape index (κ2) is 7.48. The number of amides is 2. The molecule has 0 spiro atoms. The Hall–Kier alpha value is -2.35. The third kappa shape index (κ3) is 4.35. The van der Waals surface area contributed by atoms with Gasteiger partial charge in [-0.25, -0.2) is 0 Å². The zero-order chi connectivity index (χ0) is 17.9. The van der Waals surface area contributed by atoms with Crippen LogP contribution in [0, 0.1) is 10.1 Å². The molecule has 2 aromatic carbocycles. The van der Waals surface area contributed by atoms with E-state index < -0.39 is 22.4 Å². The Morgan fingerprint density at radius 2 is 1.54 bits per heavy atom. The molecule has 0 aliphatic carbocycles. The predicted molar refractivity (Wildman–Crippen MR) is 91.8 cm³/mol. The summed E-state index contributed by atoms with van der Waals surface area (Å²) >= 11 is 17.3. The van der Waals surface area contributed by atoms with E-state index in [9.17, 15) is 19.7 Å². The van der Waals surface area contributed by atoms with Gasteiger partial charge in [0, 0.05) is 16.8 Å². The summed E-state index contributed by atoms with van der Waals surface area (Å²) in [6.45, 7) is 0. The summed E-state index contributed by atoms with van der Waals surface area (Å²) < 4.78 is 0. The van der Waals surface area contributed by atoms with Gasteiger partial charge in [-0.1, -0.05) is 34.8 Å². The van der Waals surface area contributed by atoms with E-state index in [2.05, 4.69) is 10.6 Å². The maximum absolute atomic E-state index is 11.9. The number of carbonyl (C=O) groups is 2. The summed E-state index contributed by atoms with van der Waals surface area (Å²) in [6, 6.07) is 7.96. The molecule has 0 saturated heterocycles. The van der Waals surface area contributed by atoms with Crippen molar-refractivity contribution in [2.45, 2.75) is 0 Å². The minimum absolute atomic E-state index is 0.0449. The standard InChI is InChI=1S/C14H8Cl3N3O4/c15-7-1-3-9(16)11(5-7)19-14(22)13(21)18-8-2-4-10(17)12(6-8)20(23)24/h1-6H,(H,18,21)(H,19,22). The molecule has 0 atom stereocenters. The topological polar surface area (TPSA) is 101 Å². The van der Waals surface area contributed by atoms with Gasteiger partial charge < -0.3 is 10.6 Å². The fourth-order valence-electron chi connectivity index (χ4n) is 1.69. The smallest absolute Gasteiger partial charge is 0.314 e. The van der Waals surface area contributed by atoms with Crippen molar-refractivity contribution in [3.05, 3.63) is 61.6 Å². The number of nitrogens with one attached hydrogen (secondary N) is 2. The summed E-state index contributed by atoms with van der Waals surface area (Å²) in [5.74, 6) is -2.06. The monoisotopic (exact) mass is 387 g/mol. The van der Waals surface area contributed by atoms with Gasteiger partial charge in [-0.15, -0.1) is 0 Å². The molecule has 124 valence electrons. The first-order valence-electron chi connectivity index (χ1n) is 6.29. The zero-order valence-corrected chi connectivity index (χ0v) is 13.9. The number of nitro benzene ring substituents is 1. The van der Waals surface area contributed by atoms with Gasteiger partial charge in [0.05, 0.1) is 15.6 Å². The molecule has 0 aliphatic rings. The molecule has 0 heterocycles. The minimum Gasteiger partial charge on any atom is -0.318 e. The number of nitrogens with zero attached hydrogens (tertiary/aromatic N) is 1. The third-order valence-corrected chi connectivity index (χ3v) is 3.67. The Bertz CT molecular complexity index is 842. The van der Waals surface area contributed by atoms with Crippen LogP contribution in [0.4, 0.5) is 17.1 Å². The van der Waals surface area contributed by atoms with Crippen molar-refractivity contribution in [3.63, 3.8) is 0 Å². The minimum atomic E-state index is -1.04. The van der Waals surface area contributed by atoms with Crippen molar-refractivity contribution in [2.24, 2.45) is 0 Å². The highest BCUT2D eigenvalue weighted by Crippen LogP contribution is 2.28. The molecule has 0 unspecified atom stereocenters. The number of hydrogen-bond acceptors (Lipinski definition) is 4. The number of halogens is 3. The van der Waals surface area contributed by atoms with E-state index >= 15 is 0 Å². The van der Waals surface area contributed by atoms with Gasteiger partial charge in [-0.3, -0.25) is 19.7 Å². The van der Waals surface area contributed by atoms with Crippen LogP contribution in [0.2, 0.25) is 15.1 Å². The molecular formula is C14H8Cl3N3O4. The van der Waals surface area contributed by atoms with E-state index in [0.29, 0.717) is 5.02 Å². The average molecular weight is 389 g/mol. The van der Waals surface area contributed by atoms with Gasteiger partial charge in [-0.05, 0) is 30.3 Å². The highest BCUT2D eigenvalue weighted by atomic mass is 35.5. The summed E-state index contributed by atoms with van der Waals surface area (Å²) in [5, 5.41) is 15.8. The molecule has 0 fully saturated rings. The van der Waals surface area contributed by atoms with Gasteiger partial charge in [0.2, 0.25) is 0 Å². The van der Waals surface area contributed by atoms with E-state index in [1.54, 1.807) is 0 Å². The SMILES string of the molecule is O=C(Nc1ccc(Cl)c([N+](=O)[O-])c1)C(=O)Nc1cc(Cl)ccc1Cl. The van der Waals surface area contributed by atoms with Crippen LogP contribution in [-0.4, -0.2) is 16.7 Å². The lowest BCUT2D eigenvalue weighted by Crippen LogP contribution is -2.29. The van der Waals surface area contributed by atoms with Crippen LogP contribution >= 0.6 is 34.8 Å². The van der Waals surface area contributed by atoms with Crippen LogP contribution in [0.3, 0.4) is 0 Å². The van der Waals surface area contributed by atoms with Crippen LogP contribution in [0.5, 0.6) is 0 Å². The molecule has 2 rings (SSSR count). The van der Waals surface area contributed by atoms with Gasteiger partial charge in [0.1, 0.15) is 5.02 Å². The highest BCUT2D eigenvalue weighted by molar-refractivity contribution is 6.45. The summed E-state index contributed by atoms with van der Waals surface area (Å²) in [6.07, 6.45) is 0. The lowest BCUT2D eigenvalue weighted by molar-refractivity contribution is -0.384. The number of benzene rings is 2. The molecule has 0 bridgehead atoms. The first-order valence-corrected chi connectivity index (χ1v) is 7.42. The first kappa shape index (κ1) is 18.0. The Labute approximate surface area is 150 Å². The Kier molecular flexibility index (Phi) is 5.61. The second-order valence-corrected chi connectivity index (χ2v) is 5.71. The van der Waals surface area contributed by atoms with E-state index in [1.165, 1.54) is 30.3 Å². The predicted octanol–water partition coefficient (Wildman–Crippen LogP) is 4.13. The molecule has 0 aliphatic heterocycles. The molecule has 10 heteroatoms. The van der Waals surface area contributed by atoms with E-state index in [4.69, 9.17) is 34.8 Å². The number of carbonyl (C=O) groups excluding carboxylic acids is 2. The van der Waals surface area contributed by atoms with Crippen LogP contribution < -0.4 is 10.6 Å². The van der Waals surface area contributed by atoms with Gasteiger partial charge in [-0.2, -0.15) is 0 Å². The first-order chi connectivity index (χ1) is 11.3. The quantitative estimate of drug-likeness (QED) is 0.469. The maximum Gasteiger partial charge on any atom is 0.314 e. The maximum atomic E-state index is 11.9. The highest BCUT2D eigenvalue weighted by Gasteiger charge is 2.18. The van der Waals surface area contributed by atoms with Gasteiger partial charge in [0.25, 0.3) is 5.69 Å². The Morgan fingerprint density at radius 1 is 0.917 bits per heavy atom. The Morgan fingerprint density at radius 3 is 2.21 bits per heavy atom. The van der Waals surface area contributed by atoms with Crippen molar-refractivity contribution in [2.75, 3.05) is 10.6 Å². The zero-order valence-electron chi connectivity index (χ0n) is 11.7. The van der Waals surface area contributed by atoms with Crippen molar-refractivity contribution in [1.82, 2.24) is 0 Å². The summed E-state index contributed by atoms with van der Waals surface area (Å²) in [5.41, 5.74) is -0.192. The lowest BCUT2D eigenvalue weighted by atomic mass is 10.2. The van der Waals surface area contributed by atoms with E-state index in [-0.39, 0.29) is 21.4 Å². The molecule has 0 radical (unpaired) electrons. The van der Waals surface area contributed by atoms with Crippen molar-refractivity contribution < 1.29 is 14.5 Å². The van der Waals surface area contributed by atoms with Gasteiger partial charge >= 0.3 is 11.8 Å². The molecule has 24 heavy (non-hydrogen) atoms. The van der Waals surface area contributed by atoms with E-state index in [0.717, 1.165) is 6.07 Å². The van der Waals surface area contributed by atoms with Gasteiger partial charge in [0.15, 0.2) is 0 Å². The Balaban J connectivity index is 2.12. The van der Waals surface area contributed by atoms with Crippen LogP contribution in [0.15, 0.2) is 36.4 Å². The fourth-order valence-corrected chi connectivity index (χ4v) is 2.21. The normalized spacial score (nSPS) is 10.1. The number of nitro groups is 1. The number of rotatable bonds is 3. The number of hydrogen-bond donors (Lipinski definition) is 2. The molecule has 7 nitrogen and oxygen atoms in total. The average Bonchev–Trinajstić information content (AvgIpc) is 2.52.